The van der Waals surface area contributed by atoms with Gasteiger partial charge in [0.1, 0.15) is 0 Å². The molecule has 0 aliphatic rings. The summed E-state index contributed by atoms with van der Waals surface area (Å²) in [5.74, 6) is 0. The van der Waals surface area contributed by atoms with Crippen molar-refractivity contribution < 1.29 is 311 Å². The fourth-order valence-electron chi connectivity index (χ4n) is 0. The fourth-order valence-corrected chi connectivity index (χ4v) is 0. The summed E-state index contributed by atoms with van der Waals surface area (Å²) in [4.78, 5) is 0. The van der Waals surface area contributed by atoms with Crippen molar-refractivity contribution in [2.45, 2.75) is 0 Å². The summed E-state index contributed by atoms with van der Waals surface area (Å²) >= 11 is 0. The second-order valence-electron chi connectivity index (χ2n) is 0.866. The first-order chi connectivity index (χ1) is 5.20. The molecule has 0 aromatic rings. The van der Waals surface area contributed by atoms with Gasteiger partial charge in [0.25, 0.3) is 0 Å². The van der Waals surface area contributed by atoms with Crippen molar-refractivity contribution in [3.8, 4) is 0 Å². The Kier molecular flexibility index (Phi) is 261. The Balaban J connectivity index is -0.00000000476. The molecule has 0 aliphatic carbocycles. The summed E-state index contributed by atoms with van der Waals surface area (Å²) in [6.07, 6.45) is 0. The first kappa shape index (κ1) is 78.0. The summed E-state index contributed by atoms with van der Waals surface area (Å²) in [6, 6.07) is 0. The molecule has 0 fully saturated rings. The van der Waals surface area contributed by atoms with Gasteiger partial charge in [0.2, 0.25) is 0 Å². The largest absolute Gasteiger partial charge is 1.00 e. The van der Waals surface area contributed by atoms with Gasteiger partial charge in [-0.3, -0.25) is 22.0 Å². The van der Waals surface area contributed by atoms with Crippen LogP contribution < -0.4 is 311 Å². The molecule has 72 valence electrons. The van der Waals surface area contributed by atoms with Gasteiger partial charge in [0, 0.05) is 0 Å². The monoisotopic (exact) mass is 384 g/mol. The summed E-state index contributed by atoms with van der Waals surface area (Å²) in [5, 5.41) is 75.8. The van der Waals surface area contributed by atoms with Crippen molar-refractivity contribution in [1.29, 1.82) is 0 Å². The molecule has 0 radical (unpaired) electrons. The minimum atomic E-state index is -2.92. The molecule has 0 aromatic heterocycles. The molecular formula is B3Na9O9. The second-order valence-corrected chi connectivity index (χ2v) is 0.866. The Morgan fingerprint density at radius 1 is 0.238 bits per heavy atom. The van der Waals surface area contributed by atoms with E-state index in [0.29, 0.717) is 0 Å². The van der Waals surface area contributed by atoms with E-state index < -0.39 is 22.0 Å². The van der Waals surface area contributed by atoms with Crippen LogP contribution in [0, 0.1) is 0 Å². The molecule has 0 unspecified atom stereocenters. The first-order valence-corrected chi connectivity index (χ1v) is 2.12. The average Bonchev–Trinajstić information content (AvgIpc) is 1.54. The van der Waals surface area contributed by atoms with E-state index in [1.807, 2.05) is 0 Å². The van der Waals surface area contributed by atoms with Gasteiger partial charge in [-0.25, -0.2) is 0 Å². The van der Waals surface area contributed by atoms with E-state index in [0.717, 1.165) is 0 Å². The third-order valence-corrected chi connectivity index (χ3v) is 0. The van der Waals surface area contributed by atoms with Crippen LogP contribution in [0.5, 0.6) is 0 Å². The standard InChI is InChI=1S/3BO3.9Na/c3*2-1(3)4;;;;;;;;;/q3*-3;9*+1. The zero-order chi connectivity index (χ0) is 10.7. The molecule has 0 spiro atoms. The third kappa shape index (κ3) is 266. The Labute approximate surface area is 324 Å². The number of hydrogen-bond donors (Lipinski definition) is 0. The summed E-state index contributed by atoms with van der Waals surface area (Å²) in [5.41, 5.74) is 0. The van der Waals surface area contributed by atoms with Crippen LogP contribution in [0.2, 0.25) is 0 Å². The van der Waals surface area contributed by atoms with Crippen LogP contribution in [-0.4, -0.2) is 22.0 Å². The quantitative estimate of drug-likeness (QED) is 0.363. The zero-order valence-electron chi connectivity index (χ0n) is 14.4. The molecule has 0 saturated heterocycles. The third-order valence-electron chi connectivity index (χ3n) is 0. The topological polar surface area (TPSA) is 208 Å². The summed E-state index contributed by atoms with van der Waals surface area (Å²) < 4.78 is 0. The Hall–Kier alpha value is 8.83. The molecule has 0 heterocycles. The van der Waals surface area contributed by atoms with Crippen LogP contribution in [0.3, 0.4) is 0 Å². The molecule has 0 amide bonds. The van der Waals surface area contributed by atoms with Gasteiger partial charge >= 0.3 is 266 Å². The van der Waals surface area contributed by atoms with Crippen molar-refractivity contribution in [3.63, 3.8) is 0 Å². The van der Waals surface area contributed by atoms with Crippen molar-refractivity contribution in [1.82, 2.24) is 0 Å². The van der Waals surface area contributed by atoms with Gasteiger partial charge in [0.15, 0.2) is 0 Å². The van der Waals surface area contributed by atoms with Gasteiger partial charge in [-0.05, 0) is 0 Å². The van der Waals surface area contributed by atoms with Gasteiger partial charge in [-0.1, -0.05) is 0 Å². The fraction of sp³-hybridized carbons (Fsp3) is 0. The Bertz CT molecular complexity index is 59.0. The molecule has 0 N–H and O–H groups in total. The zero-order valence-corrected chi connectivity index (χ0v) is 32.4. The molecule has 0 bridgehead atoms. The van der Waals surface area contributed by atoms with E-state index in [9.17, 15) is 0 Å². The van der Waals surface area contributed by atoms with Crippen molar-refractivity contribution >= 4 is 22.0 Å². The molecular weight excluding hydrogens is 383 g/mol. The molecule has 21 heavy (non-hydrogen) atoms. The number of hydrogen-bond acceptors (Lipinski definition) is 9. The predicted molar refractivity (Wildman–Crippen MR) is 17.3 cm³/mol. The molecule has 21 heteroatoms. The van der Waals surface area contributed by atoms with Crippen LogP contribution >= 0.6 is 0 Å². The maximum atomic E-state index is 8.42. The predicted octanol–water partition coefficient (Wildman–Crippen LogP) is -38.8. The van der Waals surface area contributed by atoms with Crippen molar-refractivity contribution in [3.05, 3.63) is 0 Å². The molecule has 0 saturated carbocycles. The summed E-state index contributed by atoms with van der Waals surface area (Å²) in [7, 11) is -8.75. The SMILES string of the molecule is [Na+].[Na+].[Na+].[Na+].[Na+].[Na+].[Na+].[Na+].[Na+].[O-]B([O-])[O-].[O-]B([O-])[O-].[O-]B([O-])[O-]. The molecule has 0 rings (SSSR count). The van der Waals surface area contributed by atoms with E-state index in [-0.39, 0.29) is 266 Å². The molecule has 0 aromatic carbocycles. The summed E-state index contributed by atoms with van der Waals surface area (Å²) in [6.45, 7) is 0. The van der Waals surface area contributed by atoms with Crippen LogP contribution in [0.1, 0.15) is 0 Å². The normalized spacial score (nSPS) is 3.86. The van der Waals surface area contributed by atoms with E-state index in [1.165, 1.54) is 0 Å². The average molecular weight is 383 g/mol. The maximum Gasteiger partial charge on any atom is 1.00 e. The van der Waals surface area contributed by atoms with E-state index in [2.05, 4.69) is 0 Å². The van der Waals surface area contributed by atoms with Crippen molar-refractivity contribution in [2.75, 3.05) is 0 Å². The van der Waals surface area contributed by atoms with Gasteiger partial charge in [-0.2, -0.15) is 0 Å². The van der Waals surface area contributed by atoms with Crippen molar-refractivity contribution in [2.24, 2.45) is 0 Å². The van der Waals surface area contributed by atoms with Gasteiger partial charge in [0.05, 0.1) is 0 Å². The van der Waals surface area contributed by atoms with Crippen LogP contribution in [0.15, 0.2) is 0 Å². The van der Waals surface area contributed by atoms with E-state index >= 15 is 0 Å². The van der Waals surface area contributed by atoms with Gasteiger partial charge < -0.3 is 45.2 Å². The molecule has 0 aliphatic heterocycles. The van der Waals surface area contributed by atoms with Gasteiger partial charge in [-0.15, -0.1) is 0 Å². The minimum Gasteiger partial charge on any atom is -0.907 e. The minimum absolute atomic E-state index is 0. The van der Waals surface area contributed by atoms with Crippen LogP contribution in [-0.2, 0) is 0 Å². The number of rotatable bonds is 0. The van der Waals surface area contributed by atoms with E-state index in [4.69, 9.17) is 45.2 Å². The first-order valence-electron chi connectivity index (χ1n) is 2.12. The Morgan fingerprint density at radius 3 is 0.238 bits per heavy atom. The Morgan fingerprint density at radius 2 is 0.238 bits per heavy atom. The smallest absolute Gasteiger partial charge is 0.907 e. The van der Waals surface area contributed by atoms with E-state index in [1.54, 1.807) is 0 Å². The maximum absolute atomic E-state index is 8.42. The van der Waals surface area contributed by atoms with Crippen LogP contribution in [0.25, 0.3) is 0 Å². The van der Waals surface area contributed by atoms with Crippen LogP contribution in [0.4, 0.5) is 0 Å². The second kappa shape index (κ2) is 70.2. The molecule has 9 nitrogen and oxygen atoms in total. The molecule has 0 atom stereocenters.